The van der Waals surface area contributed by atoms with E-state index >= 15 is 0 Å². The largest absolute Gasteiger partial charge is 0.379 e. The Balaban J connectivity index is 0.00000400. The second kappa shape index (κ2) is 9.65. The summed E-state index contributed by atoms with van der Waals surface area (Å²) in [6.45, 7) is 11.3. The Hall–Kier alpha value is -0.320. The van der Waals surface area contributed by atoms with E-state index in [4.69, 9.17) is 4.74 Å². The van der Waals surface area contributed by atoms with E-state index < -0.39 is 0 Å². The van der Waals surface area contributed by atoms with Crippen LogP contribution in [0.4, 0.5) is 0 Å². The molecule has 1 aliphatic rings. The van der Waals surface area contributed by atoms with Crippen molar-refractivity contribution in [2.45, 2.75) is 53.1 Å². The third kappa shape index (κ3) is 7.48. The number of ether oxygens (including phenoxy) is 1. The normalized spacial score (nSPS) is 22.0. The highest BCUT2D eigenvalue weighted by molar-refractivity contribution is 5.85. The summed E-state index contributed by atoms with van der Waals surface area (Å²) in [6, 6.07) is 0. The monoisotopic (exact) mass is 320 g/mol. The van der Waals surface area contributed by atoms with Gasteiger partial charge in [-0.1, -0.05) is 27.7 Å². The number of carbonyl (C=O) groups excluding carboxylic acids is 1. The molecule has 0 aromatic rings. The summed E-state index contributed by atoms with van der Waals surface area (Å²) >= 11 is 0. The van der Waals surface area contributed by atoms with Crippen molar-refractivity contribution in [3.63, 3.8) is 0 Å². The average Bonchev–Trinajstić information content (AvgIpc) is 2.38. The number of amides is 1. The average molecular weight is 321 g/mol. The maximum Gasteiger partial charge on any atom is 0.220 e. The predicted octanol–water partition coefficient (Wildman–Crippen LogP) is 2.61. The van der Waals surface area contributed by atoms with Crippen LogP contribution in [0.15, 0.2) is 0 Å². The summed E-state index contributed by atoms with van der Waals surface area (Å²) < 4.78 is 5.46. The van der Waals surface area contributed by atoms with Gasteiger partial charge < -0.3 is 15.4 Å². The Labute approximate surface area is 136 Å². The molecule has 1 heterocycles. The fraction of sp³-hybridized carbons (Fsp3) is 0.938. The van der Waals surface area contributed by atoms with Gasteiger partial charge >= 0.3 is 0 Å². The van der Waals surface area contributed by atoms with E-state index in [2.05, 4.69) is 38.3 Å². The van der Waals surface area contributed by atoms with Gasteiger partial charge in [-0.2, -0.15) is 0 Å². The van der Waals surface area contributed by atoms with Gasteiger partial charge in [-0.3, -0.25) is 4.79 Å². The number of halogens is 1. The minimum atomic E-state index is 0. The topological polar surface area (TPSA) is 50.4 Å². The molecule has 5 heteroatoms. The molecule has 4 nitrogen and oxygen atoms in total. The maximum atomic E-state index is 12.1. The van der Waals surface area contributed by atoms with Gasteiger partial charge in [-0.15, -0.1) is 12.4 Å². The first-order valence-corrected chi connectivity index (χ1v) is 7.84. The van der Waals surface area contributed by atoms with Crippen molar-refractivity contribution in [3.8, 4) is 0 Å². The lowest BCUT2D eigenvalue weighted by atomic mass is 9.85. The van der Waals surface area contributed by atoms with Crippen LogP contribution in [0.3, 0.4) is 0 Å². The first-order chi connectivity index (χ1) is 9.34. The van der Waals surface area contributed by atoms with Crippen molar-refractivity contribution >= 4 is 18.3 Å². The highest BCUT2D eigenvalue weighted by atomic mass is 35.5. The molecular formula is C16H33ClN2O2. The molecule has 21 heavy (non-hydrogen) atoms. The summed E-state index contributed by atoms with van der Waals surface area (Å²) in [7, 11) is 1.71. The van der Waals surface area contributed by atoms with E-state index in [0.29, 0.717) is 24.8 Å². The number of nitrogens with one attached hydrogen (secondary N) is 2. The number of hydrogen-bond donors (Lipinski definition) is 2. The zero-order valence-electron chi connectivity index (χ0n) is 14.2. The molecule has 1 amide bonds. The molecule has 0 aliphatic carbocycles. The standard InChI is InChI=1S/C16H32N2O2.ClH/c1-12(13-7-6-8-17-10-13)9-15(19)18-11-14(20-5)16(2,3)4;/h12-14,17H,6-11H2,1-5H3,(H,18,19);1H. The third-order valence-corrected chi connectivity index (χ3v) is 4.38. The predicted molar refractivity (Wildman–Crippen MR) is 89.9 cm³/mol. The first-order valence-electron chi connectivity index (χ1n) is 7.84. The molecule has 1 rings (SSSR count). The molecule has 0 saturated carbocycles. The summed E-state index contributed by atoms with van der Waals surface area (Å²) in [5.41, 5.74) is 0.0426. The van der Waals surface area contributed by atoms with Gasteiger partial charge in [0.1, 0.15) is 0 Å². The van der Waals surface area contributed by atoms with E-state index in [-0.39, 0.29) is 29.8 Å². The van der Waals surface area contributed by atoms with Crippen LogP contribution in [0.1, 0.15) is 47.0 Å². The minimum absolute atomic E-state index is 0. The van der Waals surface area contributed by atoms with Gasteiger partial charge in [0, 0.05) is 20.1 Å². The zero-order chi connectivity index (χ0) is 15.2. The molecular weight excluding hydrogens is 288 g/mol. The quantitative estimate of drug-likeness (QED) is 0.791. The number of piperidine rings is 1. The van der Waals surface area contributed by atoms with Crippen molar-refractivity contribution in [1.29, 1.82) is 0 Å². The fourth-order valence-corrected chi connectivity index (χ4v) is 2.85. The zero-order valence-corrected chi connectivity index (χ0v) is 15.0. The van der Waals surface area contributed by atoms with Crippen molar-refractivity contribution in [1.82, 2.24) is 10.6 Å². The Morgan fingerprint density at radius 1 is 1.43 bits per heavy atom. The lowest BCUT2D eigenvalue weighted by Crippen LogP contribution is -2.41. The van der Waals surface area contributed by atoms with Crippen LogP contribution in [0.5, 0.6) is 0 Å². The molecule has 1 fully saturated rings. The van der Waals surface area contributed by atoms with E-state index in [0.717, 1.165) is 13.1 Å². The lowest BCUT2D eigenvalue weighted by Gasteiger charge is -2.30. The summed E-state index contributed by atoms with van der Waals surface area (Å²) in [4.78, 5) is 12.1. The van der Waals surface area contributed by atoms with Gasteiger partial charge in [0.25, 0.3) is 0 Å². The minimum Gasteiger partial charge on any atom is -0.379 e. The molecule has 0 bridgehead atoms. The molecule has 2 N–H and O–H groups in total. The van der Waals surface area contributed by atoms with Gasteiger partial charge in [0.2, 0.25) is 5.91 Å². The van der Waals surface area contributed by atoms with Crippen LogP contribution in [0.25, 0.3) is 0 Å². The van der Waals surface area contributed by atoms with Crippen molar-refractivity contribution in [3.05, 3.63) is 0 Å². The molecule has 0 aromatic carbocycles. The van der Waals surface area contributed by atoms with Crippen molar-refractivity contribution < 1.29 is 9.53 Å². The molecule has 126 valence electrons. The number of hydrogen-bond acceptors (Lipinski definition) is 3. The molecule has 1 saturated heterocycles. The fourth-order valence-electron chi connectivity index (χ4n) is 2.85. The Morgan fingerprint density at radius 2 is 2.10 bits per heavy atom. The van der Waals surface area contributed by atoms with E-state index in [1.807, 2.05) is 0 Å². The second-order valence-electron chi connectivity index (χ2n) is 7.18. The molecule has 0 radical (unpaired) electrons. The highest BCUT2D eigenvalue weighted by Gasteiger charge is 2.26. The SMILES string of the molecule is COC(CNC(=O)CC(C)C1CCCNC1)C(C)(C)C.Cl. The molecule has 0 aromatic heterocycles. The van der Waals surface area contributed by atoms with Gasteiger partial charge in [0.05, 0.1) is 6.10 Å². The molecule has 1 aliphatic heterocycles. The van der Waals surface area contributed by atoms with Crippen LogP contribution in [0.2, 0.25) is 0 Å². The number of carbonyl (C=O) groups is 1. The first kappa shape index (κ1) is 20.7. The van der Waals surface area contributed by atoms with Crippen LogP contribution >= 0.6 is 12.4 Å². The number of rotatable bonds is 6. The van der Waals surface area contributed by atoms with Crippen molar-refractivity contribution in [2.75, 3.05) is 26.7 Å². The van der Waals surface area contributed by atoms with Gasteiger partial charge in [-0.25, -0.2) is 0 Å². The van der Waals surface area contributed by atoms with Crippen LogP contribution in [-0.2, 0) is 9.53 Å². The smallest absolute Gasteiger partial charge is 0.220 e. The molecule has 0 spiro atoms. The van der Waals surface area contributed by atoms with Crippen LogP contribution < -0.4 is 10.6 Å². The Bertz CT molecular complexity index is 299. The van der Waals surface area contributed by atoms with E-state index in [1.165, 1.54) is 12.8 Å². The number of methoxy groups -OCH3 is 1. The van der Waals surface area contributed by atoms with Crippen molar-refractivity contribution in [2.24, 2.45) is 17.3 Å². The molecule has 3 atom stereocenters. The molecule has 3 unspecified atom stereocenters. The summed E-state index contributed by atoms with van der Waals surface area (Å²) in [5, 5.41) is 6.44. The van der Waals surface area contributed by atoms with E-state index in [9.17, 15) is 4.79 Å². The lowest BCUT2D eigenvalue weighted by molar-refractivity contribution is -0.123. The van der Waals surface area contributed by atoms with E-state index in [1.54, 1.807) is 7.11 Å². The Morgan fingerprint density at radius 3 is 2.57 bits per heavy atom. The van der Waals surface area contributed by atoms with Crippen LogP contribution in [-0.4, -0.2) is 38.8 Å². The second-order valence-corrected chi connectivity index (χ2v) is 7.18. The Kier molecular flexibility index (Phi) is 9.50. The van der Waals surface area contributed by atoms with Gasteiger partial charge in [-0.05, 0) is 43.2 Å². The maximum absolute atomic E-state index is 12.1. The summed E-state index contributed by atoms with van der Waals surface area (Å²) in [6.07, 6.45) is 3.14. The van der Waals surface area contributed by atoms with Gasteiger partial charge in [0.15, 0.2) is 0 Å². The highest BCUT2D eigenvalue weighted by Crippen LogP contribution is 2.23. The van der Waals surface area contributed by atoms with Crippen LogP contribution in [0, 0.1) is 17.3 Å². The third-order valence-electron chi connectivity index (χ3n) is 4.38. The summed E-state index contributed by atoms with van der Waals surface area (Å²) in [5.74, 6) is 1.23.